The molecule has 0 amide bonds. The highest BCUT2D eigenvalue weighted by Gasteiger charge is 2.31. The molecule has 60 valence electrons. The van der Waals surface area contributed by atoms with Crippen molar-refractivity contribution >= 4 is 6.29 Å². The van der Waals surface area contributed by atoms with Gasteiger partial charge in [0.15, 0.2) is 0 Å². The van der Waals surface area contributed by atoms with Crippen LogP contribution in [0, 0.1) is 17.8 Å². The maximum atomic E-state index is 10.7. The molecule has 11 heavy (non-hydrogen) atoms. The van der Waals surface area contributed by atoms with Gasteiger partial charge in [-0.2, -0.15) is 0 Å². The summed E-state index contributed by atoms with van der Waals surface area (Å²) in [6.45, 7) is 1.26. The molecule has 1 saturated heterocycles. The van der Waals surface area contributed by atoms with Crippen molar-refractivity contribution in [2.24, 2.45) is 5.41 Å². The van der Waals surface area contributed by atoms with Crippen LogP contribution in [0.3, 0.4) is 0 Å². The minimum atomic E-state index is -0.368. The third-order valence-corrected chi connectivity index (χ3v) is 2.06. The van der Waals surface area contributed by atoms with Gasteiger partial charge in [-0.3, -0.25) is 0 Å². The van der Waals surface area contributed by atoms with Gasteiger partial charge in [-0.25, -0.2) is 0 Å². The number of aldehydes is 1. The van der Waals surface area contributed by atoms with E-state index in [0.29, 0.717) is 13.0 Å². The van der Waals surface area contributed by atoms with E-state index in [-0.39, 0.29) is 5.41 Å². The van der Waals surface area contributed by atoms with Crippen molar-refractivity contribution in [1.29, 1.82) is 0 Å². The number of ether oxygens (including phenoxy) is 1. The van der Waals surface area contributed by atoms with Crippen LogP contribution >= 0.6 is 0 Å². The molecule has 0 N–H and O–H groups in total. The Bertz CT molecular complexity index is 172. The predicted octanol–water partition coefficient (Wildman–Crippen LogP) is 1.01. The van der Waals surface area contributed by atoms with Gasteiger partial charge in [-0.05, 0) is 12.8 Å². The predicted molar refractivity (Wildman–Crippen MR) is 42.0 cm³/mol. The minimum Gasteiger partial charge on any atom is -0.380 e. The number of hydrogen-bond acceptors (Lipinski definition) is 2. The Hall–Kier alpha value is -0.810. The van der Waals surface area contributed by atoms with E-state index in [4.69, 9.17) is 11.2 Å². The van der Waals surface area contributed by atoms with Crippen LogP contribution in [-0.2, 0) is 9.53 Å². The highest BCUT2D eigenvalue weighted by molar-refractivity contribution is 5.60. The molecule has 1 atom stereocenters. The zero-order valence-electron chi connectivity index (χ0n) is 6.51. The first-order chi connectivity index (χ1) is 5.33. The lowest BCUT2D eigenvalue weighted by atomic mass is 9.81. The zero-order chi connectivity index (χ0) is 8.16. The van der Waals surface area contributed by atoms with Gasteiger partial charge < -0.3 is 9.53 Å². The van der Waals surface area contributed by atoms with Crippen molar-refractivity contribution in [3.05, 3.63) is 0 Å². The first kappa shape index (κ1) is 8.29. The summed E-state index contributed by atoms with van der Waals surface area (Å²) in [6.07, 6.45) is 8.44. The van der Waals surface area contributed by atoms with Crippen molar-refractivity contribution in [3.63, 3.8) is 0 Å². The molecule has 1 rings (SSSR count). The first-order valence-corrected chi connectivity index (χ1v) is 3.80. The van der Waals surface area contributed by atoms with Gasteiger partial charge in [0.25, 0.3) is 0 Å². The molecule has 0 saturated carbocycles. The monoisotopic (exact) mass is 152 g/mol. The Kier molecular flexibility index (Phi) is 2.67. The van der Waals surface area contributed by atoms with Gasteiger partial charge in [0, 0.05) is 13.0 Å². The van der Waals surface area contributed by atoms with Gasteiger partial charge in [0.05, 0.1) is 12.0 Å². The fraction of sp³-hybridized carbons (Fsp3) is 0.667. The summed E-state index contributed by atoms with van der Waals surface area (Å²) in [7, 11) is 0. The summed E-state index contributed by atoms with van der Waals surface area (Å²) in [5, 5.41) is 0. The van der Waals surface area contributed by atoms with Crippen LogP contribution in [0.25, 0.3) is 0 Å². The Balaban J connectivity index is 2.58. The maximum Gasteiger partial charge on any atom is 0.129 e. The van der Waals surface area contributed by atoms with E-state index in [1.165, 1.54) is 0 Å². The third kappa shape index (κ3) is 1.81. The Labute approximate surface area is 66.9 Å². The quantitative estimate of drug-likeness (QED) is 0.436. The number of terminal acetylenes is 1. The van der Waals surface area contributed by atoms with E-state index in [1.54, 1.807) is 0 Å². The second-order valence-corrected chi connectivity index (χ2v) is 3.02. The second kappa shape index (κ2) is 3.54. The molecule has 1 aliphatic heterocycles. The molecule has 0 aromatic carbocycles. The summed E-state index contributed by atoms with van der Waals surface area (Å²) in [5.74, 6) is 2.52. The van der Waals surface area contributed by atoms with Crippen LogP contribution in [0.2, 0.25) is 0 Å². The first-order valence-electron chi connectivity index (χ1n) is 3.80. The van der Waals surface area contributed by atoms with Gasteiger partial charge in [-0.15, -0.1) is 12.3 Å². The lowest BCUT2D eigenvalue weighted by Crippen LogP contribution is -2.32. The van der Waals surface area contributed by atoms with E-state index < -0.39 is 0 Å². The van der Waals surface area contributed by atoms with Crippen LogP contribution < -0.4 is 0 Å². The largest absolute Gasteiger partial charge is 0.380 e. The summed E-state index contributed by atoms with van der Waals surface area (Å²) in [6, 6.07) is 0. The molecule has 2 nitrogen and oxygen atoms in total. The summed E-state index contributed by atoms with van der Waals surface area (Å²) in [5.41, 5.74) is -0.368. The standard InChI is InChI=1S/C9H12O2/c1-2-4-9(7-10)5-3-6-11-8-9/h1,7H,3-6,8H2. The molecular weight excluding hydrogens is 140 g/mol. The smallest absolute Gasteiger partial charge is 0.129 e. The number of hydrogen-bond donors (Lipinski definition) is 0. The lowest BCUT2D eigenvalue weighted by Gasteiger charge is -2.29. The van der Waals surface area contributed by atoms with E-state index in [1.807, 2.05) is 0 Å². The van der Waals surface area contributed by atoms with Crippen molar-refractivity contribution in [1.82, 2.24) is 0 Å². The summed E-state index contributed by atoms with van der Waals surface area (Å²) < 4.78 is 5.20. The molecule has 1 aliphatic rings. The van der Waals surface area contributed by atoms with Gasteiger partial charge in [0.2, 0.25) is 0 Å². The Morgan fingerprint density at radius 1 is 1.73 bits per heavy atom. The molecule has 1 heterocycles. The third-order valence-electron chi connectivity index (χ3n) is 2.06. The molecule has 1 unspecified atom stereocenters. The lowest BCUT2D eigenvalue weighted by molar-refractivity contribution is -0.123. The molecule has 1 fully saturated rings. The molecule has 0 spiro atoms. The van der Waals surface area contributed by atoms with Crippen molar-refractivity contribution < 1.29 is 9.53 Å². The topological polar surface area (TPSA) is 26.3 Å². The normalized spacial score (nSPS) is 30.8. The maximum absolute atomic E-state index is 10.7. The van der Waals surface area contributed by atoms with Crippen molar-refractivity contribution in [2.45, 2.75) is 19.3 Å². The van der Waals surface area contributed by atoms with E-state index in [9.17, 15) is 4.79 Å². The van der Waals surface area contributed by atoms with Crippen LogP contribution in [0.4, 0.5) is 0 Å². The van der Waals surface area contributed by atoms with Gasteiger partial charge in [-0.1, -0.05) is 0 Å². The van der Waals surface area contributed by atoms with Gasteiger partial charge in [0.1, 0.15) is 6.29 Å². The molecule has 0 radical (unpaired) electrons. The van der Waals surface area contributed by atoms with Crippen LogP contribution in [0.1, 0.15) is 19.3 Å². The van der Waals surface area contributed by atoms with Crippen LogP contribution in [-0.4, -0.2) is 19.5 Å². The van der Waals surface area contributed by atoms with E-state index in [2.05, 4.69) is 5.92 Å². The average molecular weight is 152 g/mol. The highest BCUT2D eigenvalue weighted by Crippen LogP contribution is 2.29. The Morgan fingerprint density at radius 3 is 3.00 bits per heavy atom. The SMILES string of the molecule is C#CCC1(C=O)CCCOC1. The van der Waals surface area contributed by atoms with Crippen molar-refractivity contribution in [2.75, 3.05) is 13.2 Å². The van der Waals surface area contributed by atoms with Gasteiger partial charge >= 0.3 is 0 Å². The average Bonchev–Trinajstić information content (AvgIpc) is 2.07. The Morgan fingerprint density at radius 2 is 2.55 bits per heavy atom. The van der Waals surface area contributed by atoms with Crippen LogP contribution in [0.5, 0.6) is 0 Å². The van der Waals surface area contributed by atoms with Crippen LogP contribution in [0.15, 0.2) is 0 Å². The molecule has 0 aliphatic carbocycles. The van der Waals surface area contributed by atoms with Crippen molar-refractivity contribution in [3.8, 4) is 12.3 Å². The fourth-order valence-electron chi connectivity index (χ4n) is 1.35. The molecule has 0 aromatic heterocycles. The van der Waals surface area contributed by atoms with E-state index >= 15 is 0 Å². The molecule has 2 heteroatoms. The number of carbonyl (C=O) groups is 1. The summed E-state index contributed by atoms with van der Waals surface area (Å²) >= 11 is 0. The van der Waals surface area contributed by atoms with E-state index in [0.717, 1.165) is 25.7 Å². The zero-order valence-corrected chi connectivity index (χ0v) is 6.51. The molecule has 0 aromatic rings. The minimum absolute atomic E-state index is 0.368. The summed E-state index contributed by atoms with van der Waals surface area (Å²) in [4.78, 5) is 10.7. The second-order valence-electron chi connectivity index (χ2n) is 3.02. The molecular formula is C9H12O2. The number of rotatable bonds is 2. The molecule has 0 bridgehead atoms. The number of carbonyl (C=O) groups excluding carboxylic acids is 1. The highest BCUT2D eigenvalue weighted by atomic mass is 16.5. The fourth-order valence-corrected chi connectivity index (χ4v) is 1.35.